The van der Waals surface area contributed by atoms with Crippen LogP contribution in [0, 0.1) is 12.8 Å². The molecule has 6 nitrogen and oxygen atoms in total. The number of aryl methyl sites for hydroxylation is 2. The van der Waals surface area contributed by atoms with Gasteiger partial charge in [-0.25, -0.2) is 9.97 Å². The molecular formula is C16H18N4O2. The number of pyridine rings is 1. The van der Waals surface area contributed by atoms with Gasteiger partial charge in [0.25, 0.3) is 5.91 Å². The van der Waals surface area contributed by atoms with E-state index in [-0.39, 0.29) is 17.5 Å². The summed E-state index contributed by atoms with van der Waals surface area (Å²) in [6.45, 7) is 1.91. The van der Waals surface area contributed by atoms with Crippen molar-refractivity contribution in [1.82, 2.24) is 19.9 Å². The Balaban J connectivity index is 1.83. The Hall–Kier alpha value is -2.50. The van der Waals surface area contributed by atoms with E-state index < -0.39 is 0 Å². The molecule has 6 heteroatoms. The van der Waals surface area contributed by atoms with Gasteiger partial charge in [0.2, 0.25) is 5.56 Å². The zero-order chi connectivity index (χ0) is 15.7. The minimum Gasteiger partial charge on any atom is -0.342 e. The average molecular weight is 298 g/mol. The fourth-order valence-electron chi connectivity index (χ4n) is 2.39. The SMILES string of the molecule is Cc1ccnc(C(NC(=O)c2ccc(=O)n(C)c2)C2CC2)n1. The van der Waals surface area contributed by atoms with Gasteiger partial charge in [-0.05, 0) is 37.8 Å². The molecule has 3 rings (SSSR count). The third kappa shape index (κ3) is 3.05. The maximum Gasteiger partial charge on any atom is 0.253 e. The highest BCUT2D eigenvalue weighted by atomic mass is 16.2. The summed E-state index contributed by atoms with van der Waals surface area (Å²) in [4.78, 5) is 32.6. The number of carbonyl (C=O) groups excluding carboxylic acids is 1. The first kappa shape index (κ1) is 14.4. The molecule has 2 heterocycles. The topological polar surface area (TPSA) is 76.9 Å². The number of aromatic nitrogens is 3. The van der Waals surface area contributed by atoms with Crippen LogP contribution in [0.3, 0.4) is 0 Å². The van der Waals surface area contributed by atoms with Crippen LogP contribution in [0.25, 0.3) is 0 Å². The van der Waals surface area contributed by atoms with Crippen molar-refractivity contribution in [3.63, 3.8) is 0 Å². The van der Waals surface area contributed by atoms with Gasteiger partial charge in [0.05, 0.1) is 11.6 Å². The van der Waals surface area contributed by atoms with Crippen LogP contribution in [0.4, 0.5) is 0 Å². The van der Waals surface area contributed by atoms with Gasteiger partial charge in [-0.1, -0.05) is 0 Å². The molecule has 1 fully saturated rings. The van der Waals surface area contributed by atoms with Crippen molar-refractivity contribution in [3.8, 4) is 0 Å². The van der Waals surface area contributed by atoms with E-state index in [0.29, 0.717) is 17.3 Å². The molecule has 1 saturated carbocycles. The number of carbonyl (C=O) groups is 1. The van der Waals surface area contributed by atoms with Crippen molar-refractivity contribution >= 4 is 5.91 Å². The average Bonchev–Trinajstić information content (AvgIpc) is 3.32. The molecule has 0 saturated heterocycles. The molecule has 1 unspecified atom stereocenters. The summed E-state index contributed by atoms with van der Waals surface area (Å²) in [7, 11) is 1.63. The van der Waals surface area contributed by atoms with E-state index in [1.54, 1.807) is 25.5 Å². The molecule has 1 N–H and O–H groups in total. The van der Waals surface area contributed by atoms with Gasteiger partial charge >= 0.3 is 0 Å². The Labute approximate surface area is 128 Å². The van der Waals surface area contributed by atoms with Crippen LogP contribution in [0.2, 0.25) is 0 Å². The monoisotopic (exact) mass is 298 g/mol. The van der Waals surface area contributed by atoms with Crippen LogP contribution in [0.15, 0.2) is 35.4 Å². The molecule has 2 aromatic rings. The molecule has 0 aliphatic heterocycles. The molecule has 0 radical (unpaired) electrons. The standard InChI is InChI=1S/C16H18N4O2/c1-10-7-8-17-15(18-10)14(11-3-4-11)19-16(22)12-5-6-13(21)20(2)9-12/h5-9,11,14H,3-4H2,1-2H3,(H,19,22). The summed E-state index contributed by atoms with van der Waals surface area (Å²) in [6.07, 6.45) is 5.38. The van der Waals surface area contributed by atoms with Gasteiger partial charge in [-0.15, -0.1) is 0 Å². The highest BCUT2D eigenvalue weighted by Crippen LogP contribution is 2.40. The van der Waals surface area contributed by atoms with Gasteiger partial charge in [0.1, 0.15) is 0 Å². The quantitative estimate of drug-likeness (QED) is 0.924. The van der Waals surface area contributed by atoms with Crippen LogP contribution in [-0.4, -0.2) is 20.4 Å². The summed E-state index contributed by atoms with van der Waals surface area (Å²) in [5.41, 5.74) is 1.20. The minimum absolute atomic E-state index is 0.141. The van der Waals surface area contributed by atoms with Crippen molar-refractivity contribution in [2.45, 2.75) is 25.8 Å². The van der Waals surface area contributed by atoms with Crippen molar-refractivity contribution in [1.29, 1.82) is 0 Å². The number of hydrogen-bond acceptors (Lipinski definition) is 4. The predicted octanol–water partition coefficient (Wildman–Crippen LogP) is 1.36. The predicted molar refractivity (Wildman–Crippen MR) is 81.4 cm³/mol. The lowest BCUT2D eigenvalue weighted by atomic mass is 10.1. The molecule has 1 aliphatic rings. The van der Waals surface area contributed by atoms with E-state index >= 15 is 0 Å². The van der Waals surface area contributed by atoms with Gasteiger partial charge in [-0.3, -0.25) is 9.59 Å². The first-order valence-electron chi connectivity index (χ1n) is 7.31. The fourth-order valence-corrected chi connectivity index (χ4v) is 2.39. The Bertz CT molecular complexity index is 765. The van der Waals surface area contributed by atoms with Gasteiger partial charge in [-0.2, -0.15) is 0 Å². The highest BCUT2D eigenvalue weighted by molar-refractivity contribution is 5.94. The lowest BCUT2D eigenvalue weighted by molar-refractivity contribution is 0.0928. The summed E-state index contributed by atoms with van der Waals surface area (Å²) >= 11 is 0. The Morgan fingerprint density at radius 2 is 2.14 bits per heavy atom. The Kier molecular flexibility index (Phi) is 3.75. The van der Waals surface area contributed by atoms with Crippen molar-refractivity contribution in [3.05, 3.63) is 58.0 Å². The second-order valence-corrected chi connectivity index (χ2v) is 5.71. The van der Waals surface area contributed by atoms with E-state index in [0.717, 1.165) is 18.5 Å². The van der Waals surface area contributed by atoms with Gasteiger partial charge in [0.15, 0.2) is 5.82 Å². The van der Waals surface area contributed by atoms with Crippen molar-refractivity contribution < 1.29 is 4.79 Å². The van der Waals surface area contributed by atoms with E-state index in [4.69, 9.17) is 0 Å². The molecule has 2 aromatic heterocycles. The number of hydrogen-bond donors (Lipinski definition) is 1. The first-order chi connectivity index (χ1) is 10.5. The zero-order valence-electron chi connectivity index (χ0n) is 12.6. The summed E-state index contributed by atoms with van der Waals surface area (Å²) in [5.74, 6) is 0.830. The van der Waals surface area contributed by atoms with E-state index in [2.05, 4.69) is 15.3 Å². The summed E-state index contributed by atoms with van der Waals surface area (Å²) in [5, 5.41) is 3.01. The van der Waals surface area contributed by atoms with E-state index in [1.165, 1.54) is 10.6 Å². The van der Waals surface area contributed by atoms with Gasteiger partial charge in [0, 0.05) is 31.2 Å². The molecule has 0 spiro atoms. The molecule has 1 amide bonds. The van der Waals surface area contributed by atoms with Crippen LogP contribution in [-0.2, 0) is 7.05 Å². The second kappa shape index (κ2) is 5.71. The smallest absolute Gasteiger partial charge is 0.253 e. The lowest BCUT2D eigenvalue weighted by Crippen LogP contribution is -2.32. The molecule has 1 atom stereocenters. The first-order valence-corrected chi connectivity index (χ1v) is 7.31. The molecule has 1 aliphatic carbocycles. The fraction of sp³-hybridized carbons (Fsp3) is 0.375. The minimum atomic E-state index is -0.211. The van der Waals surface area contributed by atoms with Crippen molar-refractivity contribution in [2.24, 2.45) is 13.0 Å². The highest BCUT2D eigenvalue weighted by Gasteiger charge is 2.35. The summed E-state index contributed by atoms with van der Waals surface area (Å²) < 4.78 is 1.39. The van der Waals surface area contributed by atoms with Crippen LogP contribution < -0.4 is 10.9 Å². The number of rotatable bonds is 4. The third-order valence-corrected chi connectivity index (χ3v) is 3.82. The Morgan fingerprint density at radius 3 is 2.77 bits per heavy atom. The van der Waals surface area contributed by atoms with E-state index in [1.807, 2.05) is 13.0 Å². The molecule has 114 valence electrons. The summed E-state index contributed by atoms with van der Waals surface area (Å²) in [6, 6.07) is 4.59. The van der Waals surface area contributed by atoms with Gasteiger partial charge < -0.3 is 9.88 Å². The largest absolute Gasteiger partial charge is 0.342 e. The Morgan fingerprint density at radius 1 is 1.36 bits per heavy atom. The van der Waals surface area contributed by atoms with Crippen molar-refractivity contribution in [2.75, 3.05) is 0 Å². The molecule has 0 bridgehead atoms. The van der Waals surface area contributed by atoms with Crippen LogP contribution in [0.1, 0.15) is 40.8 Å². The number of amides is 1. The molecule has 0 aromatic carbocycles. The molecule has 22 heavy (non-hydrogen) atoms. The zero-order valence-corrected chi connectivity index (χ0v) is 12.6. The third-order valence-electron chi connectivity index (χ3n) is 3.82. The van der Waals surface area contributed by atoms with Crippen LogP contribution in [0.5, 0.6) is 0 Å². The lowest BCUT2D eigenvalue weighted by Gasteiger charge is -2.17. The number of nitrogens with zero attached hydrogens (tertiary/aromatic N) is 3. The maximum absolute atomic E-state index is 12.4. The second-order valence-electron chi connectivity index (χ2n) is 5.71. The normalized spacial score (nSPS) is 15.4. The molecular weight excluding hydrogens is 280 g/mol. The number of nitrogens with one attached hydrogen (secondary N) is 1. The van der Waals surface area contributed by atoms with Crippen LogP contribution >= 0.6 is 0 Å². The van der Waals surface area contributed by atoms with E-state index in [9.17, 15) is 9.59 Å². The maximum atomic E-state index is 12.4.